The lowest BCUT2D eigenvalue weighted by atomic mass is 9.92. The van der Waals surface area contributed by atoms with Gasteiger partial charge in [-0.1, -0.05) is 6.92 Å². The van der Waals surface area contributed by atoms with Crippen LogP contribution in [0.2, 0.25) is 0 Å². The molecule has 1 N–H and O–H groups in total. The van der Waals surface area contributed by atoms with Gasteiger partial charge in [0, 0.05) is 23.3 Å². The van der Waals surface area contributed by atoms with Crippen molar-refractivity contribution < 1.29 is 0 Å². The predicted octanol–water partition coefficient (Wildman–Crippen LogP) is 3.38. The van der Waals surface area contributed by atoms with Crippen molar-refractivity contribution in [3.63, 3.8) is 0 Å². The molecular formula is C15H21N3S. The summed E-state index contributed by atoms with van der Waals surface area (Å²) in [6, 6.07) is 7.16. The average molecular weight is 275 g/mol. The van der Waals surface area contributed by atoms with Crippen molar-refractivity contribution in [1.29, 1.82) is 5.26 Å². The summed E-state index contributed by atoms with van der Waals surface area (Å²) in [7, 11) is 0. The van der Waals surface area contributed by atoms with Gasteiger partial charge in [-0.2, -0.15) is 5.26 Å². The number of hydrogen-bond acceptors (Lipinski definition) is 4. The van der Waals surface area contributed by atoms with Crippen LogP contribution in [0.3, 0.4) is 0 Å². The van der Waals surface area contributed by atoms with Crippen LogP contribution in [0.4, 0.5) is 0 Å². The van der Waals surface area contributed by atoms with Gasteiger partial charge in [0.05, 0.1) is 6.07 Å². The van der Waals surface area contributed by atoms with E-state index in [0.29, 0.717) is 6.04 Å². The molecule has 1 aromatic heterocycles. The van der Waals surface area contributed by atoms with Gasteiger partial charge in [-0.05, 0) is 50.0 Å². The maximum absolute atomic E-state index is 9.44. The van der Waals surface area contributed by atoms with Gasteiger partial charge in [-0.25, -0.2) is 0 Å². The molecular weight excluding hydrogens is 254 g/mol. The minimum Gasteiger partial charge on any atom is -0.297 e. The highest BCUT2D eigenvalue weighted by molar-refractivity contribution is 7.99. The van der Waals surface area contributed by atoms with Crippen LogP contribution in [-0.2, 0) is 0 Å². The highest BCUT2D eigenvalue weighted by Gasteiger charge is 2.34. The molecule has 1 aliphatic rings. The third kappa shape index (κ3) is 4.52. The Balaban J connectivity index is 1.74. The molecule has 1 atom stereocenters. The van der Waals surface area contributed by atoms with E-state index >= 15 is 0 Å². The fourth-order valence-electron chi connectivity index (χ4n) is 2.14. The van der Waals surface area contributed by atoms with E-state index in [1.807, 2.05) is 36.3 Å². The molecule has 0 amide bonds. The van der Waals surface area contributed by atoms with Crippen LogP contribution < -0.4 is 5.32 Å². The van der Waals surface area contributed by atoms with Gasteiger partial charge in [-0.3, -0.25) is 10.3 Å². The number of hydrogen-bond donors (Lipinski definition) is 1. The van der Waals surface area contributed by atoms with E-state index in [4.69, 9.17) is 0 Å². The van der Waals surface area contributed by atoms with Crippen LogP contribution in [0.1, 0.15) is 39.0 Å². The van der Waals surface area contributed by atoms with Gasteiger partial charge < -0.3 is 0 Å². The van der Waals surface area contributed by atoms with Gasteiger partial charge in [0.2, 0.25) is 0 Å². The number of nitrogens with zero attached hydrogens (tertiary/aromatic N) is 2. The lowest BCUT2D eigenvalue weighted by Gasteiger charge is -2.26. The van der Waals surface area contributed by atoms with E-state index in [1.54, 1.807) is 0 Å². The topological polar surface area (TPSA) is 48.7 Å². The second kappa shape index (κ2) is 6.93. The summed E-state index contributed by atoms with van der Waals surface area (Å²) in [4.78, 5) is 5.27. The fraction of sp³-hybridized carbons (Fsp3) is 0.600. The minimum atomic E-state index is -0.306. The molecule has 0 aliphatic heterocycles. The molecule has 0 saturated heterocycles. The smallest absolute Gasteiger partial charge is 0.106 e. The van der Waals surface area contributed by atoms with Gasteiger partial charge in [0.1, 0.15) is 5.54 Å². The third-order valence-electron chi connectivity index (χ3n) is 3.54. The Labute approximate surface area is 119 Å². The number of nitriles is 1. The monoisotopic (exact) mass is 275 g/mol. The maximum atomic E-state index is 9.44. The van der Waals surface area contributed by atoms with Gasteiger partial charge in [-0.15, -0.1) is 11.8 Å². The standard InChI is InChI=1S/C15H21N3S/c1-2-15(12-16,18-13-4-5-13)8-3-11-19-14-6-9-17-10-7-14/h6-7,9-10,13,18H,2-5,8,11H2,1H3. The lowest BCUT2D eigenvalue weighted by molar-refractivity contribution is 0.367. The minimum absolute atomic E-state index is 0.306. The Morgan fingerprint density at radius 3 is 2.79 bits per heavy atom. The second-order valence-electron chi connectivity index (χ2n) is 5.10. The van der Waals surface area contributed by atoms with E-state index in [2.05, 4.69) is 23.3 Å². The summed E-state index contributed by atoms with van der Waals surface area (Å²) in [5.74, 6) is 1.06. The SMILES string of the molecule is CCC(C#N)(CCCSc1ccncc1)NC1CC1. The van der Waals surface area contributed by atoms with Gasteiger partial charge >= 0.3 is 0 Å². The Morgan fingerprint density at radius 1 is 1.47 bits per heavy atom. The summed E-state index contributed by atoms with van der Waals surface area (Å²) in [5.41, 5.74) is -0.306. The fourth-order valence-corrected chi connectivity index (χ4v) is 2.97. The lowest BCUT2D eigenvalue weighted by Crippen LogP contribution is -2.44. The van der Waals surface area contributed by atoms with Crippen molar-refractivity contribution in [2.24, 2.45) is 0 Å². The molecule has 3 nitrogen and oxygen atoms in total. The molecule has 1 heterocycles. The van der Waals surface area contributed by atoms with E-state index in [1.165, 1.54) is 17.7 Å². The molecule has 1 aliphatic carbocycles. The molecule has 0 spiro atoms. The average Bonchev–Trinajstić information content (AvgIpc) is 3.27. The zero-order valence-electron chi connectivity index (χ0n) is 11.4. The Bertz CT molecular complexity index is 425. The van der Waals surface area contributed by atoms with Crippen molar-refractivity contribution in [2.45, 2.75) is 55.5 Å². The Hall–Kier alpha value is -1.05. The number of nitrogens with one attached hydrogen (secondary N) is 1. The van der Waals surface area contributed by atoms with Crippen molar-refractivity contribution >= 4 is 11.8 Å². The molecule has 2 rings (SSSR count). The van der Waals surface area contributed by atoms with E-state index in [9.17, 15) is 5.26 Å². The van der Waals surface area contributed by atoms with E-state index < -0.39 is 0 Å². The van der Waals surface area contributed by atoms with E-state index in [-0.39, 0.29) is 5.54 Å². The maximum Gasteiger partial charge on any atom is 0.106 e. The Morgan fingerprint density at radius 2 is 2.21 bits per heavy atom. The Kier molecular flexibility index (Phi) is 5.24. The van der Waals surface area contributed by atoms with Crippen molar-refractivity contribution in [3.8, 4) is 6.07 Å². The molecule has 1 unspecified atom stereocenters. The first-order chi connectivity index (χ1) is 9.28. The van der Waals surface area contributed by atoms with Crippen LogP contribution in [-0.4, -0.2) is 22.3 Å². The van der Waals surface area contributed by atoms with Crippen molar-refractivity contribution in [2.75, 3.05) is 5.75 Å². The predicted molar refractivity (Wildman–Crippen MR) is 79.0 cm³/mol. The van der Waals surface area contributed by atoms with Crippen LogP contribution in [0, 0.1) is 11.3 Å². The van der Waals surface area contributed by atoms with Crippen LogP contribution in [0.5, 0.6) is 0 Å². The quantitative estimate of drug-likeness (QED) is 0.583. The van der Waals surface area contributed by atoms with Crippen LogP contribution >= 0.6 is 11.8 Å². The molecule has 0 bridgehead atoms. The number of pyridine rings is 1. The third-order valence-corrected chi connectivity index (χ3v) is 4.64. The van der Waals surface area contributed by atoms with Crippen molar-refractivity contribution in [3.05, 3.63) is 24.5 Å². The number of thioether (sulfide) groups is 1. The first-order valence-corrected chi connectivity index (χ1v) is 7.98. The summed E-state index contributed by atoms with van der Waals surface area (Å²) < 4.78 is 0. The number of rotatable bonds is 8. The summed E-state index contributed by atoms with van der Waals surface area (Å²) >= 11 is 1.84. The molecule has 4 heteroatoms. The van der Waals surface area contributed by atoms with Gasteiger partial charge in [0.15, 0.2) is 0 Å². The molecule has 0 radical (unpaired) electrons. The van der Waals surface area contributed by atoms with Crippen LogP contribution in [0.15, 0.2) is 29.4 Å². The normalized spacial score (nSPS) is 17.7. The zero-order chi connectivity index (χ0) is 13.6. The highest BCUT2D eigenvalue weighted by atomic mass is 32.2. The van der Waals surface area contributed by atoms with E-state index in [0.717, 1.165) is 25.0 Å². The van der Waals surface area contributed by atoms with Gasteiger partial charge in [0.25, 0.3) is 0 Å². The zero-order valence-corrected chi connectivity index (χ0v) is 12.2. The highest BCUT2D eigenvalue weighted by Crippen LogP contribution is 2.27. The number of aromatic nitrogens is 1. The summed E-state index contributed by atoms with van der Waals surface area (Å²) in [6.45, 7) is 2.11. The molecule has 1 fully saturated rings. The first kappa shape index (κ1) is 14.4. The summed E-state index contributed by atoms with van der Waals surface area (Å²) in [6.07, 6.45) is 9.00. The molecule has 102 valence electrons. The largest absolute Gasteiger partial charge is 0.297 e. The summed E-state index contributed by atoms with van der Waals surface area (Å²) in [5, 5.41) is 13.0. The molecule has 0 aromatic carbocycles. The molecule has 19 heavy (non-hydrogen) atoms. The van der Waals surface area contributed by atoms with Crippen molar-refractivity contribution in [1.82, 2.24) is 10.3 Å². The van der Waals surface area contributed by atoms with Crippen LogP contribution in [0.25, 0.3) is 0 Å². The molecule has 1 aromatic rings. The first-order valence-electron chi connectivity index (χ1n) is 7.00. The molecule has 1 saturated carbocycles. The second-order valence-corrected chi connectivity index (χ2v) is 6.27.